The van der Waals surface area contributed by atoms with E-state index in [4.69, 9.17) is 4.74 Å². The molecule has 0 saturated carbocycles. The summed E-state index contributed by atoms with van der Waals surface area (Å²) in [6.45, 7) is 6.29. The molecule has 1 aromatic carbocycles. The van der Waals surface area contributed by atoms with Crippen molar-refractivity contribution in [2.24, 2.45) is 0 Å². The van der Waals surface area contributed by atoms with E-state index >= 15 is 0 Å². The smallest absolute Gasteiger partial charge is 0.301 e. The van der Waals surface area contributed by atoms with Crippen LogP contribution in [0.4, 0.5) is 5.13 Å². The fourth-order valence-corrected chi connectivity index (χ4v) is 5.26. The van der Waals surface area contributed by atoms with E-state index in [1.165, 1.54) is 16.2 Å². The fourth-order valence-electron chi connectivity index (χ4n) is 4.54. The largest absolute Gasteiger partial charge is 0.505 e. The van der Waals surface area contributed by atoms with Gasteiger partial charge < -0.3 is 9.84 Å². The van der Waals surface area contributed by atoms with Crippen LogP contribution in [0, 0.1) is 13.8 Å². The van der Waals surface area contributed by atoms with Gasteiger partial charge in [0.25, 0.3) is 5.78 Å². The summed E-state index contributed by atoms with van der Waals surface area (Å²) in [5.41, 5.74) is 2.14. The van der Waals surface area contributed by atoms with Crippen LogP contribution >= 0.6 is 11.3 Å². The second-order valence-electron chi connectivity index (χ2n) is 8.87. The van der Waals surface area contributed by atoms with Crippen LogP contribution < -0.4 is 9.64 Å². The molecule has 0 radical (unpaired) electrons. The molecule has 1 unspecified atom stereocenters. The summed E-state index contributed by atoms with van der Waals surface area (Å²) < 4.78 is 7.54. The van der Waals surface area contributed by atoms with Gasteiger partial charge in [-0.25, -0.2) is 4.98 Å². The number of hydrogen-bond donors (Lipinski definition) is 1. The van der Waals surface area contributed by atoms with Gasteiger partial charge in [0.1, 0.15) is 22.1 Å². The molecule has 9 nitrogen and oxygen atoms in total. The molecule has 1 fully saturated rings. The molecule has 4 heterocycles. The van der Waals surface area contributed by atoms with E-state index in [1.807, 2.05) is 30.3 Å². The first kappa shape index (κ1) is 24.6. The molecule has 0 bridgehead atoms. The third-order valence-corrected chi connectivity index (χ3v) is 7.14. The summed E-state index contributed by atoms with van der Waals surface area (Å²) >= 11 is 1.21. The highest BCUT2D eigenvalue weighted by Crippen LogP contribution is 2.43. The second-order valence-corrected chi connectivity index (χ2v) is 10.0. The number of Topliss-reactive ketones (excluding diaryl/α,β-unsaturated/α-hetero) is 1. The molecule has 1 N–H and O–H groups in total. The normalized spacial score (nSPS) is 17.2. The van der Waals surface area contributed by atoms with Gasteiger partial charge in [0.2, 0.25) is 5.13 Å². The molecule has 5 rings (SSSR count). The number of fused-ring (bicyclic) bond motifs is 1. The van der Waals surface area contributed by atoms with E-state index in [0.717, 1.165) is 19.3 Å². The lowest BCUT2D eigenvalue weighted by Crippen LogP contribution is -2.29. The van der Waals surface area contributed by atoms with Crippen molar-refractivity contribution in [3.63, 3.8) is 0 Å². The minimum Gasteiger partial charge on any atom is -0.505 e. The first-order valence-corrected chi connectivity index (χ1v) is 13.0. The number of nitrogens with zero attached hydrogens (tertiary/aromatic N) is 5. The Morgan fingerprint density at radius 2 is 1.86 bits per heavy atom. The lowest BCUT2D eigenvalue weighted by molar-refractivity contribution is -0.132. The van der Waals surface area contributed by atoms with Gasteiger partial charge in [0.05, 0.1) is 23.9 Å². The van der Waals surface area contributed by atoms with Crippen LogP contribution in [-0.2, 0) is 9.59 Å². The van der Waals surface area contributed by atoms with Gasteiger partial charge >= 0.3 is 5.91 Å². The van der Waals surface area contributed by atoms with Gasteiger partial charge in [-0.1, -0.05) is 49.3 Å². The Bertz CT molecular complexity index is 1500. The molecule has 0 spiro atoms. The summed E-state index contributed by atoms with van der Waals surface area (Å²) in [5, 5.41) is 20.7. The SMILES string of the molecule is CCCCCOc1ccc(C2C(=C(O)c3c(C)nc4ccccn34)C(=O)C(=O)N2c2nnc(C)s2)cc1. The molecular weight excluding hydrogens is 490 g/mol. The topological polar surface area (TPSA) is 110 Å². The highest BCUT2D eigenvalue weighted by atomic mass is 32.1. The zero-order valence-electron chi connectivity index (χ0n) is 20.8. The van der Waals surface area contributed by atoms with Crippen molar-refractivity contribution in [2.45, 2.75) is 46.1 Å². The van der Waals surface area contributed by atoms with E-state index in [2.05, 4.69) is 22.1 Å². The molecule has 37 heavy (non-hydrogen) atoms. The van der Waals surface area contributed by atoms with Gasteiger partial charge in [-0.15, -0.1) is 10.2 Å². The highest BCUT2D eigenvalue weighted by Gasteiger charge is 2.48. The number of pyridine rings is 1. The van der Waals surface area contributed by atoms with Gasteiger partial charge in [-0.2, -0.15) is 0 Å². The van der Waals surface area contributed by atoms with Crippen LogP contribution in [0.2, 0.25) is 0 Å². The number of rotatable bonds is 8. The first-order valence-electron chi connectivity index (χ1n) is 12.2. The maximum atomic E-state index is 13.4. The molecule has 1 atom stereocenters. The summed E-state index contributed by atoms with van der Waals surface area (Å²) in [4.78, 5) is 32.6. The minimum atomic E-state index is -0.893. The molecule has 0 aliphatic carbocycles. The predicted molar refractivity (Wildman–Crippen MR) is 141 cm³/mol. The number of benzene rings is 1. The lowest BCUT2D eigenvalue weighted by Gasteiger charge is -2.22. The maximum absolute atomic E-state index is 13.4. The molecule has 1 aliphatic heterocycles. The third-order valence-electron chi connectivity index (χ3n) is 6.31. The van der Waals surface area contributed by atoms with E-state index in [-0.39, 0.29) is 11.3 Å². The number of ether oxygens (including phenoxy) is 1. The zero-order chi connectivity index (χ0) is 26.1. The number of carbonyl (C=O) groups is 2. The molecule has 3 aromatic heterocycles. The van der Waals surface area contributed by atoms with Crippen molar-refractivity contribution in [3.05, 3.63) is 76.2 Å². The highest BCUT2D eigenvalue weighted by molar-refractivity contribution is 7.15. The number of aryl methyl sites for hydroxylation is 2. The molecule has 10 heteroatoms. The number of aliphatic hydroxyl groups is 1. The van der Waals surface area contributed by atoms with Crippen LogP contribution in [0.25, 0.3) is 11.4 Å². The van der Waals surface area contributed by atoms with Crippen molar-refractivity contribution in [1.82, 2.24) is 19.6 Å². The Labute approximate surface area is 218 Å². The Balaban J connectivity index is 1.62. The van der Waals surface area contributed by atoms with Gasteiger partial charge in [0, 0.05) is 6.20 Å². The van der Waals surface area contributed by atoms with Crippen LogP contribution in [-0.4, -0.2) is 43.0 Å². The number of unbranched alkanes of at least 4 members (excludes halogenated alkanes) is 2. The van der Waals surface area contributed by atoms with Gasteiger partial charge in [-0.3, -0.25) is 18.9 Å². The predicted octanol–water partition coefficient (Wildman–Crippen LogP) is 5.00. The number of ketones is 1. The van der Waals surface area contributed by atoms with Crippen LogP contribution in [0.3, 0.4) is 0 Å². The van der Waals surface area contributed by atoms with Crippen molar-refractivity contribution >= 4 is 39.6 Å². The second kappa shape index (κ2) is 10.1. The van der Waals surface area contributed by atoms with E-state index in [1.54, 1.807) is 36.6 Å². The number of imidazole rings is 1. The van der Waals surface area contributed by atoms with Gasteiger partial charge in [0.15, 0.2) is 5.76 Å². The quantitative estimate of drug-likeness (QED) is 0.152. The summed E-state index contributed by atoms with van der Waals surface area (Å²) in [6, 6.07) is 11.8. The van der Waals surface area contributed by atoms with E-state index < -0.39 is 17.7 Å². The third kappa shape index (κ3) is 4.48. The lowest BCUT2D eigenvalue weighted by atomic mass is 9.96. The Kier molecular flexibility index (Phi) is 6.75. The first-order chi connectivity index (χ1) is 17.9. The molecule has 1 saturated heterocycles. The van der Waals surface area contributed by atoms with Crippen molar-refractivity contribution in [2.75, 3.05) is 11.5 Å². The number of hydrogen-bond acceptors (Lipinski definition) is 8. The number of carbonyl (C=O) groups excluding carboxylic acids is 2. The Hall–Kier alpha value is -4.05. The summed E-state index contributed by atoms with van der Waals surface area (Å²) in [7, 11) is 0. The van der Waals surface area contributed by atoms with Crippen molar-refractivity contribution in [3.8, 4) is 5.75 Å². The number of anilines is 1. The summed E-state index contributed by atoms with van der Waals surface area (Å²) in [6.07, 6.45) is 4.93. The number of aliphatic hydroxyl groups excluding tert-OH is 1. The standard InChI is InChI=1S/C27H27N5O4S/c1-4-5-8-15-36-19-12-10-18(11-13-19)23-21(25(34)26(35)32(23)27-30-29-17(3)37-27)24(33)22-16(2)28-20-9-6-7-14-31(20)22/h6-7,9-14,23,33H,4-5,8,15H2,1-3H3. The van der Waals surface area contributed by atoms with Crippen LogP contribution in [0.15, 0.2) is 54.2 Å². The minimum absolute atomic E-state index is 0.0248. The van der Waals surface area contributed by atoms with E-state index in [0.29, 0.717) is 45.1 Å². The Morgan fingerprint density at radius 1 is 1.08 bits per heavy atom. The number of aromatic nitrogens is 4. The number of amides is 1. The van der Waals surface area contributed by atoms with Crippen LogP contribution in [0.5, 0.6) is 5.75 Å². The zero-order valence-corrected chi connectivity index (χ0v) is 21.7. The van der Waals surface area contributed by atoms with Gasteiger partial charge in [-0.05, 0) is 50.1 Å². The van der Waals surface area contributed by atoms with Crippen molar-refractivity contribution < 1.29 is 19.4 Å². The maximum Gasteiger partial charge on any atom is 0.301 e. The Morgan fingerprint density at radius 3 is 2.57 bits per heavy atom. The fraction of sp³-hybridized carbons (Fsp3) is 0.296. The van der Waals surface area contributed by atoms with E-state index in [9.17, 15) is 14.7 Å². The molecule has 1 amide bonds. The van der Waals surface area contributed by atoms with Crippen LogP contribution in [0.1, 0.15) is 54.2 Å². The molecular formula is C27H27N5O4S. The molecule has 4 aromatic rings. The molecule has 1 aliphatic rings. The molecule has 190 valence electrons. The average Bonchev–Trinajstić information content (AvgIpc) is 3.55. The monoisotopic (exact) mass is 517 g/mol. The average molecular weight is 518 g/mol. The van der Waals surface area contributed by atoms with Crippen molar-refractivity contribution in [1.29, 1.82) is 0 Å². The summed E-state index contributed by atoms with van der Waals surface area (Å²) in [5.74, 6) is -1.15.